The van der Waals surface area contributed by atoms with E-state index in [4.69, 9.17) is 4.52 Å². The largest absolute Gasteiger partial charge is 0.337 e. The highest BCUT2D eigenvalue weighted by molar-refractivity contribution is 5.79. The topological polar surface area (TPSA) is 59.2 Å². The number of rotatable bonds is 4. The van der Waals surface area contributed by atoms with Gasteiger partial charge in [0.1, 0.15) is 6.04 Å². The third kappa shape index (κ3) is 3.18. The zero-order chi connectivity index (χ0) is 15.4. The minimum absolute atomic E-state index is 0.0715. The van der Waals surface area contributed by atoms with Gasteiger partial charge in [-0.15, -0.1) is 0 Å². The summed E-state index contributed by atoms with van der Waals surface area (Å²) < 4.78 is 5.37. The van der Waals surface area contributed by atoms with Crippen molar-refractivity contribution in [3.05, 3.63) is 47.6 Å². The van der Waals surface area contributed by atoms with Gasteiger partial charge in [0.25, 0.3) is 0 Å². The van der Waals surface area contributed by atoms with Crippen molar-refractivity contribution in [1.82, 2.24) is 15.0 Å². The highest BCUT2D eigenvalue weighted by Gasteiger charge is 2.31. The molecule has 0 N–H and O–H groups in total. The lowest BCUT2D eigenvalue weighted by Gasteiger charge is -2.33. The molecule has 5 heteroatoms. The Hall–Kier alpha value is -2.17. The Morgan fingerprint density at radius 3 is 2.86 bits per heavy atom. The fourth-order valence-corrected chi connectivity index (χ4v) is 2.91. The maximum absolute atomic E-state index is 12.7. The fourth-order valence-electron chi connectivity index (χ4n) is 2.91. The first-order valence-electron chi connectivity index (χ1n) is 7.94. The zero-order valence-corrected chi connectivity index (χ0v) is 12.9. The molecular formula is C17H21N3O2. The monoisotopic (exact) mass is 299 g/mol. The summed E-state index contributed by atoms with van der Waals surface area (Å²) in [5.41, 5.74) is 1.04. The molecule has 0 spiro atoms. The zero-order valence-electron chi connectivity index (χ0n) is 12.9. The van der Waals surface area contributed by atoms with Gasteiger partial charge >= 0.3 is 0 Å². The maximum Gasteiger partial charge on any atom is 0.249 e. The van der Waals surface area contributed by atoms with Gasteiger partial charge < -0.3 is 9.42 Å². The number of carbonyl (C=O) groups is 1. The van der Waals surface area contributed by atoms with Crippen LogP contribution in [0.2, 0.25) is 0 Å². The van der Waals surface area contributed by atoms with Crippen LogP contribution in [0, 0.1) is 0 Å². The molecule has 1 fully saturated rings. The predicted octanol–water partition coefficient (Wildman–Crippen LogP) is 2.93. The molecule has 0 saturated carbocycles. The average molecular weight is 299 g/mol. The summed E-state index contributed by atoms with van der Waals surface area (Å²) in [6, 6.07) is 9.78. The molecule has 5 nitrogen and oxygen atoms in total. The Morgan fingerprint density at radius 2 is 2.14 bits per heavy atom. The number of carbonyl (C=O) groups excluding carboxylic acids is 1. The van der Waals surface area contributed by atoms with E-state index in [2.05, 4.69) is 10.1 Å². The van der Waals surface area contributed by atoms with Crippen LogP contribution in [0.1, 0.15) is 49.5 Å². The molecule has 2 aromatic rings. The van der Waals surface area contributed by atoms with E-state index >= 15 is 0 Å². The van der Waals surface area contributed by atoms with Gasteiger partial charge in [-0.05, 0) is 24.8 Å². The summed E-state index contributed by atoms with van der Waals surface area (Å²) in [6.07, 6.45) is 4.18. The molecule has 1 aromatic heterocycles. The summed E-state index contributed by atoms with van der Waals surface area (Å²) >= 11 is 0. The van der Waals surface area contributed by atoms with E-state index in [9.17, 15) is 4.79 Å². The Morgan fingerprint density at radius 1 is 1.32 bits per heavy atom. The molecule has 116 valence electrons. The van der Waals surface area contributed by atoms with E-state index in [1.165, 1.54) is 0 Å². The first-order valence-corrected chi connectivity index (χ1v) is 7.94. The second-order valence-corrected chi connectivity index (χ2v) is 5.66. The Balaban J connectivity index is 1.75. The molecule has 3 rings (SSSR count). The number of benzene rings is 1. The number of piperidine rings is 1. The van der Waals surface area contributed by atoms with Gasteiger partial charge in [0.15, 0.2) is 5.82 Å². The normalized spacial score (nSPS) is 18.4. The molecule has 22 heavy (non-hydrogen) atoms. The quantitative estimate of drug-likeness (QED) is 0.871. The van der Waals surface area contributed by atoms with E-state index in [0.29, 0.717) is 18.1 Å². The van der Waals surface area contributed by atoms with Crippen molar-refractivity contribution in [3.8, 4) is 0 Å². The van der Waals surface area contributed by atoms with Crippen LogP contribution in [0.3, 0.4) is 0 Å². The second-order valence-electron chi connectivity index (χ2n) is 5.66. The van der Waals surface area contributed by atoms with Gasteiger partial charge in [0.2, 0.25) is 11.8 Å². The third-order valence-electron chi connectivity index (χ3n) is 4.11. The summed E-state index contributed by atoms with van der Waals surface area (Å²) in [5.74, 6) is 1.42. The summed E-state index contributed by atoms with van der Waals surface area (Å²) in [5, 5.41) is 3.96. The van der Waals surface area contributed by atoms with Crippen molar-refractivity contribution in [3.63, 3.8) is 0 Å². The molecule has 2 heterocycles. The van der Waals surface area contributed by atoms with Crippen LogP contribution in [-0.2, 0) is 17.6 Å². The predicted molar refractivity (Wildman–Crippen MR) is 82.1 cm³/mol. The Labute approximate surface area is 130 Å². The lowest BCUT2D eigenvalue weighted by Crippen LogP contribution is -2.39. The molecule has 1 aromatic carbocycles. The minimum atomic E-state index is -0.0715. The lowest BCUT2D eigenvalue weighted by molar-refractivity contribution is -0.135. The van der Waals surface area contributed by atoms with Gasteiger partial charge in [-0.25, -0.2) is 0 Å². The van der Waals surface area contributed by atoms with Gasteiger partial charge in [-0.2, -0.15) is 4.98 Å². The Kier molecular flexibility index (Phi) is 4.51. The van der Waals surface area contributed by atoms with Gasteiger partial charge in [-0.3, -0.25) is 4.79 Å². The van der Waals surface area contributed by atoms with Crippen LogP contribution in [0.4, 0.5) is 0 Å². The number of hydrogen-bond donors (Lipinski definition) is 0. The summed E-state index contributed by atoms with van der Waals surface area (Å²) in [6.45, 7) is 2.76. The molecule has 1 aliphatic heterocycles. The fraction of sp³-hybridized carbons (Fsp3) is 0.471. The number of aromatic nitrogens is 2. The minimum Gasteiger partial charge on any atom is -0.337 e. The van der Waals surface area contributed by atoms with Crippen molar-refractivity contribution >= 4 is 5.91 Å². The smallest absolute Gasteiger partial charge is 0.249 e. The van der Waals surface area contributed by atoms with E-state index in [1.807, 2.05) is 42.2 Å². The maximum atomic E-state index is 12.7. The van der Waals surface area contributed by atoms with Crippen LogP contribution in [0.5, 0.6) is 0 Å². The van der Waals surface area contributed by atoms with Crippen LogP contribution >= 0.6 is 0 Å². The summed E-state index contributed by atoms with van der Waals surface area (Å²) in [4.78, 5) is 19.0. The molecule has 0 bridgehead atoms. The molecule has 1 aliphatic rings. The lowest BCUT2D eigenvalue weighted by atomic mass is 10.0. The number of hydrogen-bond acceptors (Lipinski definition) is 4. The van der Waals surface area contributed by atoms with Crippen molar-refractivity contribution in [2.24, 2.45) is 0 Å². The van der Waals surface area contributed by atoms with E-state index < -0.39 is 0 Å². The first kappa shape index (κ1) is 14.8. The second kappa shape index (κ2) is 6.73. The van der Waals surface area contributed by atoms with E-state index in [0.717, 1.165) is 37.8 Å². The molecule has 1 unspecified atom stereocenters. The molecule has 1 amide bonds. The highest BCUT2D eigenvalue weighted by Crippen LogP contribution is 2.30. The van der Waals surface area contributed by atoms with Crippen molar-refractivity contribution in [1.29, 1.82) is 0 Å². The van der Waals surface area contributed by atoms with Gasteiger partial charge in [0, 0.05) is 13.0 Å². The summed E-state index contributed by atoms with van der Waals surface area (Å²) in [7, 11) is 0. The standard InChI is InChI=1S/C17H21N3O2/c1-2-15-18-17(22-19-15)14-10-6-7-11-20(14)16(21)12-13-8-4-3-5-9-13/h3-5,8-9,14H,2,6-7,10-12H2,1H3. The number of likely N-dealkylation sites (tertiary alicyclic amines) is 1. The van der Waals surface area contributed by atoms with E-state index in [1.54, 1.807) is 0 Å². The molecule has 0 radical (unpaired) electrons. The van der Waals surface area contributed by atoms with Crippen LogP contribution in [0.15, 0.2) is 34.9 Å². The molecular weight excluding hydrogens is 278 g/mol. The van der Waals surface area contributed by atoms with Crippen LogP contribution < -0.4 is 0 Å². The molecule has 0 aliphatic carbocycles. The molecule has 1 atom stereocenters. The van der Waals surface area contributed by atoms with Crippen LogP contribution in [-0.4, -0.2) is 27.5 Å². The van der Waals surface area contributed by atoms with E-state index in [-0.39, 0.29) is 11.9 Å². The first-order chi connectivity index (χ1) is 10.8. The van der Waals surface area contributed by atoms with Gasteiger partial charge in [0.05, 0.1) is 6.42 Å². The Bertz CT molecular complexity index is 624. The van der Waals surface area contributed by atoms with Crippen LogP contribution in [0.25, 0.3) is 0 Å². The molecule has 1 saturated heterocycles. The average Bonchev–Trinajstić information content (AvgIpc) is 3.05. The van der Waals surface area contributed by atoms with Crippen molar-refractivity contribution in [2.45, 2.75) is 45.1 Å². The highest BCUT2D eigenvalue weighted by atomic mass is 16.5. The van der Waals surface area contributed by atoms with Crippen molar-refractivity contribution < 1.29 is 9.32 Å². The van der Waals surface area contributed by atoms with Gasteiger partial charge in [-0.1, -0.05) is 42.4 Å². The SMILES string of the molecule is CCc1noc(C2CCCCN2C(=O)Cc2ccccc2)n1. The van der Waals surface area contributed by atoms with Crippen molar-refractivity contribution in [2.75, 3.05) is 6.54 Å². The third-order valence-corrected chi connectivity index (χ3v) is 4.11. The number of aryl methyl sites for hydroxylation is 1. The number of amides is 1. The number of nitrogens with zero attached hydrogens (tertiary/aromatic N) is 3.